The summed E-state index contributed by atoms with van der Waals surface area (Å²) in [5.74, 6) is 0.834. The molecule has 10 heteroatoms. The number of hydrogen-bond donors (Lipinski definition) is 3. The largest absolute Gasteiger partial charge is 0.393 e. The van der Waals surface area contributed by atoms with Crippen LogP contribution in [0.3, 0.4) is 0 Å². The zero-order chi connectivity index (χ0) is 23.7. The van der Waals surface area contributed by atoms with E-state index in [0.717, 1.165) is 48.9 Å². The van der Waals surface area contributed by atoms with Crippen LogP contribution in [0.25, 0.3) is 33.5 Å². The number of nitrogens with one attached hydrogen (secondary N) is 1. The average molecular weight is 479 g/mol. The van der Waals surface area contributed by atoms with Crippen LogP contribution in [0.5, 0.6) is 0 Å². The maximum atomic E-state index is 9.72. The predicted molar refractivity (Wildman–Crippen MR) is 135 cm³/mol. The van der Waals surface area contributed by atoms with E-state index in [-0.39, 0.29) is 6.10 Å². The molecule has 0 atom stereocenters. The van der Waals surface area contributed by atoms with Gasteiger partial charge in [0.25, 0.3) is 0 Å². The van der Waals surface area contributed by atoms with E-state index in [9.17, 15) is 5.11 Å². The fourth-order valence-corrected chi connectivity index (χ4v) is 4.54. The lowest BCUT2D eigenvalue weighted by Gasteiger charge is -2.29. The lowest BCUT2D eigenvalue weighted by Crippen LogP contribution is -2.38. The molecule has 4 heterocycles. The Morgan fingerprint density at radius 3 is 2.76 bits per heavy atom. The number of nitrogens with zero attached hydrogens (tertiary/aromatic N) is 6. The summed E-state index contributed by atoms with van der Waals surface area (Å²) >= 11 is 6.57. The maximum Gasteiger partial charge on any atom is 0.169 e. The third kappa shape index (κ3) is 4.68. The Labute approximate surface area is 202 Å². The van der Waals surface area contributed by atoms with Crippen LogP contribution in [0.4, 0.5) is 11.6 Å². The van der Waals surface area contributed by atoms with Crippen molar-refractivity contribution in [2.45, 2.75) is 18.9 Å². The molecule has 0 bridgehead atoms. The van der Waals surface area contributed by atoms with Crippen LogP contribution in [0, 0.1) is 0 Å². The summed E-state index contributed by atoms with van der Waals surface area (Å²) in [5, 5.41) is 19.0. The van der Waals surface area contributed by atoms with Gasteiger partial charge in [0.1, 0.15) is 17.1 Å². The number of aliphatic hydroxyl groups excluding tert-OH is 1. The molecule has 9 nitrogen and oxygen atoms in total. The molecule has 4 N–H and O–H groups in total. The van der Waals surface area contributed by atoms with Crippen LogP contribution in [-0.4, -0.2) is 67.0 Å². The number of likely N-dealkylation sites (tertiary alicyclic amines) is 1. The molecule has 1 aromatic carbocycles. The first-order valence-electron chi connectivity index (χ1n) is 11.3. The highest BCUT2D eigenvalue weighted by Gasteiger charge is 2.20. The third-order valence-electron chi connectivity index (χ3n) is 6.09. The highest BCUT2D eigenvalue weighted by molar-refractivity contribution is 6.35. The Morgan fingerprint density at radius 1 is 1.18 bits per heavy atom. The minimum atomic E-state index is -0.184. The molecular weight excluding hydrogens is 452 g/mol. The van der Waals surface area contributed by atoms with Crippen LogP contribution in [0.2, 0.25) is 5.02 Å². The Balaban J connectivity index is 1.49. The molecule has 3 aromatic heterocycles. The number of fused-ring (bicyclic) bond motifs is 1. The fraction of sp³-hybridized carbons (Fsp3) is 0.333. The number of benzene rings is 1. The van der Waals surface area contributed by atoms with Crippen LogP contribution in [-0.2, 0) is 7.05 Å². The van der Waals surface area contributed by atoms with Crippen molar-refractivity contribution in [3.63, 3.8) is 0 Å². The Kier molecular flexibility index (Phi) is 6.32. The van der Waals surface area contributed by atoms with Crippen LogP contribution >= 0.6 is 11.6 Å². The number of pyridine rings is 1. The van der Waals surface area contributed by atoms with Crippen molar-refractivity contribution in [3.8, 4) is 22.6 Å². The van der Waals surface area contributed by atoms with Gasteiger partial charge in [0.05, 0.1) is 16.6 Å². The molecule has 1 aliphatic rings. The minimum Gasteiger partial charge on any atom is -0.393 e. The molecule has 0 unspecified atom stereocenters. The monoisotopic (exact) mass is 478 g/mol. The molecule has 1 aliphatic heterocycles. The molecule has 0 radical (unpaired) electrons. The summed E-state index contributed by atoms with van der Waals surface area (Å²) in [4.78, 5) is 16.3. The normalized spacial score (nSPS) is 15.1. The second-order valence-corrected chi connectivity index (χ2v) is 8.97. The Bertz CT molecular complexity index is 1320. The molecule has 0 aliphatic carbocycles. The lowest BCUT2D eigenvalue weighted by molar-refractivity contribution is 0.0845. The smallest absolute Gasteiger partial charge is 0.169 e. The highest BCUT2D eigenvalue weighted by atomic mass is 35.5. The lowest BCUT2D eigenvalue weighted by atomic mass is 10.0. The van der Waals surface area contributed by atoms with Gasteiger partial charge in [-0.2, -0.15) is 5.10 Å². The predicted octanol–water partition coefficient (Wildman–Crippen LogP) is 3.20. The van der Waals surface area contributed by atoms with Gasteiger partial charge in [0, 0.05) is 56.6 Å². The quantitative estimate of drug-likeness (QED) is 0.386. The zero-order valence-electron chi connectivity index (χ0n) is 18.9. The van der Waals surface area contributed by atoms with E-state index in [0.29, 0.717) is 40.3 Å². The average Bonchev–Trinajstić information content (AvgIpc) is 3.27. The van der Waals surface area contributed by atoms with Crippen molar-refractivity contribution in [3.05, 3.63) is 47.7 Å². The van der Waals surface area contributed by atoms with Crippen molar-refractivity contribution < 1.29 is 5.11 Å². The number of hydrogen-bond acceptors (Lipinski definition) is 8. The van der Waals surface area contributed by atoms with E-state index in [1.807, 2.05) is 43.6 Å². The number of anilines is 2. The van der Waals surface area contributed by atoms with Crippen LogP contribution in [0.1, 0.15) is 12.8 Å². The van der Waals surface area contributed by atoms with E-state index in [1.54, 1.807) is 10.9 Å². The van der Waals surface area contributed by atoms with E-state index in [4.69, 9.17) is 22.3 Å². The van der Waals surface area contributed by atoms with E-state index >= 15 is 0 Å². The van der Waals surface area contributed by atoms with Crippen molar-refractivity contribution in [1.82, 2.24) is 29.6 Å². The molecule has 4 aromatic rings. The SMILES string of the molecule is Cn1ccc(-c2nc(N)c(NCCN3CCC(O)CC3)nc2-c2cc(Cl)c3ncccc3c2)n1. The fourth-order valence-electron chi connectivity index (χ4n) is 4.26. The van der Waals surface area contributed by atoms with Gasteiger partial charge in [0.2, 0.25) is 0 Å². The number of aromatic nitrogens is 5. The number of piperidine rings is 1. The highest BCUT2D eigenvalue weighted by Crippen LogP contribution is 2.35. The van der Waals surface area contributed by atoms with E-state index in [1.165, 1.54) is 0 Å². The van der Waals surface area contributed by atoms with Crippen molar-refractivity contribution in [2.75, 3.05) is 37.2 Å². The van der Waals surface area contributed by atoms with Gasteiger partial charge in [-0.1, -0.05) is 17.7 Å². The van der Waals surface area contributed by atoms with Gasteiger partial charge < -0.3 is 21.1 Å². The summed E-state index contributed by atoms with van der Waals surface area (Å²) in [6, 6.07) is 9.59. The first-order valence-corrected chi connectivity index (χ1v) is 11.7. The summed E-state index contributed by atoms with van der Waals surface area (Å²) in [7, 11) is 1.86. The first kappa shape index (κ1) is 22.5. The number of aryl methyl sites for hydroxylation is 1. The Morgan fingerprint density at radius 2 is 2.00 bits per heavy atom. The molecule has 5 rings (SSSR count). The molecule has 0 amide bonds. The topological polar surface area (TPSA) is 118 Å². The van der Waals surface area contributed by atoms with Crippen molar-refractivity contribution in [1.29, 1.82) is 0 Å². The van der Waals surface area contributed by atoms with Gasteiger partial charge in [-0.25, -0.2) is 9.97 Å². The van der Waals surface area contributed by atoms with Gasteiger partial charge in [0.15, 0.2) is 11.6 Å². The summed E-state index contributed by atoms with van der Waals surface area (Å²) in [6.07, 6.45) is 5.01. The second kappa shape index (κ2) is 9.54. The number of aliphatic hydroxyl groups is 1. The van der Waals surface area contributed by atoms with Crippen molar-refractivity contribution in [2.24, 2.45) is 7.05 Å². The maximum absolute atomic E-state index is 9.72. The minimum absolute atomic E-state index is 0.184. The molecule has 0 spiro atoms. The molecule has 1 saturated heterocycles. The standard InChI is InChI=1S/C24H27ClN8O/c1-32-9-6-19(31-32)22-21(16-13-15-3-2-7-27-20(15)18(25)14-16)30-24(23(26)29-22)28-8-12-33-10-4-17(34)5-11-33/h2-3,6-7,9,13-14,17,34H,4-5,8,10-12H2,1H3,(H2,26,29)(H,28,30). The third-order valence-corrected chi connectivity index (χ3v) is 6.38. The Hall–Kier alpha value is -3.27. The summed E-state index contributed by atoms with van der Waals surface area (Å²) in [6.45, 7) is 3.27. The van der Waals surface area contributed by atoms with Gasteiger partial charge in [-0.3, -0.25) is 9.67 Å². The van der Waals surface area contributed by atoms with Crippen LogP contribution in [0.15, 0.2) is 42.7 Å². The molecule has 34 heavy (non-hydrogen) atoms. The van der Waals surface area contributed by atoms with Crippen molar-refractivity contribution >= 4 is 34.1 Å². The number of nitrogen functional groups attached to an aromatic ring is 1. The number of nitrogens with two attached hydrogens (primary N) is 1. The second-order valence-electron chi connectivity index (χ2n) is 8.56. The van der Waals surface area contributed by atoms with Gasteiger partial charge in [-0.15, -0.1) is 0 Å². The molecule has 1 fully saturated rings. The number of halogens is 1. The molecular formula is C24H27ClN8O. The molecule has 176 valence electrons. The van der Waals surface area contributed by atoms with Gasteiger partial charge in [-0.05, 0) is 37.1 Å². The molecule has 0 saturated carbocycles. The van der Waals surface area contributed by atoms with Gasteiger partial charge >= 0.3 is 0 Å². The summed E-state index contributed by atoms with van der Waals surface area (Å²) < 4.78 is 1.72. The summed E-state index contributed by atoms with van der Waals surface area (Å²) in [5.41, 5.74) is 9.78. The zero-order valence-corrected chi connectivity index (χ0v) is 19.7. The van der Waals surface area contributed by atoms with Crippen LogP contribution < -0.4 is 11.1 Å². The number of rotatable bonds is 6. The van der Waals surface area contributed by atoms with E-state index < -0.39 is 0 Å². The van der Waals surface area contributed by atoms with E-state index in [2.05, 4.69) is 25.3 Å². The first-order chi connectivity index (χ1) is 16.5.